The van der Waals surface area contributed by atoms with Crippen molar-refractivity contribution in [2.24, 2.45) is 10.9 Å². The molecule has 0 heterocycles. The van der Waals surface area contributed by atoms with Crippen LogP contribution in [0.25, 0.3) is 0 Å². The minimum Gasteiger partial charge on any atom is -0.409 e. The lowest BCUT2D eigenvalue weighted by Crippen LogP contribution is -2.15. The van der Waals surface area contributed by atoms with E-state index in [2.05, 4.69) is 10.5 Å². The summed E-state index contributed by atoms with van der Waals surface area (Å²) in [6.45, 7) is 3.89. The fourth-order valence-corrected chi connectivity index (χ4v) is 1.98. The van der Waals surface area contributed by atoms with E-state index in [1.165, 1.54) is 0 Å². The smallest absolute Gasteiger partial charge is 0.255 e. The summed E-state index contributed by atoms with van der Waals surface area (Å²) < 4.78 is 0. The third kappa shape index (κ3) is 3.20. The number of anilines is 1. The van der Waals surface area contributed by atoms with Gasteiger partial charge in [0.05, 0.1) is 0 Å². The van der Waals surface area contributed by atoms with Crippen LogP contribution in [0.3, 0.4) is 0 Å². The molecule has 0 saturated heterocycles. The lowest BCUT2D eigenvalue weighted by atomic mass is 10.0. The first kappa shape index (κ1) is 14.6. The number of nitrogens with zero attached hydrogens (tertiary/aromatic N) is 1. The molecule has 0 fully saturated rings. The number of nitrogens with one attached hydrogen (secondary N) is 1. The number of hydrogen-bond donors (Lipinski definition) is 3. The van der Waals surface area contributed by atoms with Gasteiger partial charge in [-0.05, 0) is 55.3 Å². The predicted molar refractivity (Wildman–Crippen MR) is 82.8 cm³/mol. The van der Waals surface area contributed by atoms with Crippen molar-refractivity contribution in [2.45, 2.75) is 13.8 Å². The minimum atomic E-state index is -0.159. The molecule has 21 heavy (non-hydrogen) atoms. The number of amides is 1. The van der Waals surface area contributed by atoms with E-state index in [9.17, 15) is 4.79 Å². The molecular weight excluding hydrogens is 266 g/mol. The van der Waals surface area contributed by atoms with Gasteiger partial charge in [0.2, 0.25) is 0 Å². The standard InChI is InChI=1S/C16H17N3O2/c1-10-4-3-5-14(11(10)2)16(20)18-13-8-6-12(7-9-13)15(17)19-21/h3-9,21H,1-2H3,(H2,17,19)(H,18,20). The molecule has 5 heteroatoms. The van der Waals surface area contributed by atoms with Gasteiger partial charge in [0.15, 0.2) is 5.84 Å². The Labute approximate surface area is 123 Å². The third-order valence-electron chi connectivity index (χ3n) is 3.40. The van der Waals surface area contributed by atoms with Crippen molar-refractivity contribution in [1.82, 2.24) is 0 Å². The van der Waals surface area contributed by atoms with Crippen LogP contribution in [0.4, 0.5) is 5.69 Å². The molecule has 2 aromatic carbocycles. The van der Waals surface area contributed by atoms with E-state index in [4.69, 9.17) is 10.9 Å². The molecule has 0 aliphatic heterocycles. The molecule has 0 radical (unpaired) electrons. The first-order chi connectivity index (χ1) is 10.0. The maximum Gasteiger partial charge on any atom is 0.255 e. The average Bonchev–Trinajstić information content (AvgIpc) is 2.50. The lowest BCUT2D eigenvalue weighted by molar-refractivity contribution is 0.102. The van der Waals surface area contributed by atoms with Crippen LogP contribution in [0.5, 0.6) is 0 Å². The Kier molecular flexibility index (Phi) is 4.23. The number of carbonyl (C=O) groups excluding carboxylic acids is 1. The van der Waals surface area contributed by atoms with Crippen LogP contribution in [0.15, 0.2) is 47.6 Å². The van der Waals surface area contributed by atoms with Gasteiger partial charge in [-0.1, -0.05) is 17.3 Å². The van der Waals surface area contributed by atoms with Crippen LogP contribution in [0.2, 0.25) is 0 Å². The molecule has 0 atom stereocenters. The molecule has 2 aromatic rings. The van der Waals surface area contributed by atoms with Crippen molar-refractivity contribution in [1.29, 1.82) is 0 Å². The normalized spacial score (nSPS) is 11.2. The second-order valence-electron chi connectivity index (χ2n) is 4.76. The summed E-state index contributed by atoms with van der Waals surface area (Å²) in [7, 11) is 0. The molecule has 0 aromatic heterocycles. The lowest BCUT2D eigenvalue weighted by Gasteiger charge is -2.10. The number of benzene rings is 2. The molecule has 0 unspecified atom stereocenters. The quantitative estimate of drug-likeness (QED) is 0.350. The van der Waals surface area contributed by atoms with Crippen molar-refractivity contribution < 1.29 is 10.0 Å². The molecule has 0 spiro atoms. The Balaban J connectivity index is 2.18. The molecule has 0 bridgehead atoms. The summed E-state index contributed by atoms with van der Waals surface area (Å²) >= 11 is 0. The number of carbonyl (C=O) groups is 1. The van der Waals surface area contributed by atoms with Crippen molar-refractivity contribution in [2.75, 3.05) is 5.32 Å². The summed E-state index contributed by atoms with van der Waals surface area (Å²) in [6, 6.07) is 12.4. The second kappa shape index (κ2) is 6.09. The molecule has 5 nitrogen and oxygen atoms in total. The summed E-state index contributed by atoms with van der Waals surface area (Å²) in [5, 5.41) is 14.4. The van der Waals surface area contributed by atoms with Crippen LogP contribution < -0.4 is 11.1 Å². The molecular formula is C16H17N3O2. The molecule has 0 aliphatic carbocycles. The van der Waals surface area contributed by atoms with E-state index in [1.54, 1.807) is 30.3 Å². The monoisotopic (exact) mass is 283 g/mol. The molecule has 108 valence electrons. The van der Waals surface area contributed by atoms with Crippen LogP contribution >= 0.6 is 0 Å². The molecule has 0 saturated carbocycles. The van der Waals surface area contributed by atoms with Crippen LogP contribution in [-0.2, 0) is 0 Å². The highest BCUT2D eigenvalue weighted by Gasteiger charge is 2.10. The SMILES string of the molecule is Cc1cccc(C(=O)Nc2ccc(/C(N)=N/O)cc2)c1C. The van der Waals surface area contributed by atoms with E-state index in [0.717, 1.165) is 11.1 Å². The fourth-order valence-electron chi connectivity index (χ4n) is 1.98. The molecule has 0 aliphatic rings. The Morgan fingerprint density at radius 1 is 1.14 bits per heavy atom. The minimum absolute atomic E-state index is 0.0300. The highest BCUT2D eigenvalue weighted by Crippen LogP contribution is 2.16. The van der Waals surface area contributed by atoms with Gasteiger partial charge >= 0.3 is 0 Å². The van der Waals surface area contributed by atoms with Crippen molar-refractivity contribution in [3.63, 3.8) is 0 Å². The Morgan fingerprint density at radius 2 is 1.81 bits per heavy atom. The van der Waals surface area contributed by atoms with Gasteiger partial charge in [0, 0.05) is 16.8 Å². The van der Waals surface area contributed by atoms with Gasteiger partial charge in [-0.25, -0.2) is 0 Å². The van der Waals surface area contributed by atoms with Gasteiger partial charge in [-0.2, -0.15) is 0 Å². The Hall–Kier alpha value is -2.82. The zero-order chi connectivity index (χ0) is 15.4. The predicted octanol–water partition coefficient (Wildman–Crippen LogP) is 2.65. The first-order valence-corrected chi connectivity index (χ1v) is 6.48. The maximum atomic E-state index is 12.3. The van der Waals surface area contributed by atoms with Crippen LogP contribution in [0.1, 0.15) is 27.0 Å². The van der Waals surface area contributed by atoms with Crippen LogP contribution in [0, 0.1) is 13.8 Å². The third-order valence-corrected chi connectivity index (χ3v) is 3.40. The molecule has 2 rings (SSSR count). The highest BCUT2D eigenvalue weighted by molar-refractivity contribution is 6.05. The van der Waals surface area contributed by atoms with E-state index < -0.39 is 0 Å². The first-order valence-electron chi connectivity index (χ1n) is 6.48. The van der Waals surface area contributed by atoms with Gasteiger partial charge < -0.3 is 16.3 Å². The van der Waals surface area contributed by atoms with Crippen molar-refractivity contribution in [3.8, 4) is 0 Å². The van der Waals surface area contributed by atoms with Crippen molar-refractivity contribution >= 4 is 17.4 Å². The Bertz CT molecular complexity index is 691. The summed E-state index contributed by atoms with van der Waals surface area (Å²) in [4.78, 5) is 12.3. The van der Waals surface area contributed by atoms with Gasteiger partial charge in [0.1, 0.15) is 0 Å². The number of nitrogens with two attached hydrogens (primary N) is 1. The highest BCUT2D eigenvalue weighted by atomic mass is 16.4. The van der Waals surface area contributed by atoms with Crippen molar-refractivity contribution in [3.05, 3.63) is 64.7 Å². The van der Waals surface area contributed by atoms with E-state index in [0.29, 0.717) is 16.8 Å². The fraction of sp³-hybridized carbons (Fsp3) is 0.125. The number of aryl methyl sites for hydroxylation is 1. The summed E-state index contributed by atoms with van der Waals surface area (Å²) in [6.07, 6.45) is 0. The Morgan fingerprint density at radius 3 is 2.43 bits per heavy atom. The molecule has 1 amide bonds. The zero-order valence-electron chi connectivity index (χ0n) is 11.9. The van der Waals surface area contributed by atoms with E-state index in [-0.39, 0.29) is 11.7 Å². The van der Waals surface area contributed by atoms with Gasteiger partial charge in [-0.15, -0.1) is 0 Å². The average molecular weight is 283 g/mol. The van der Waals surface area contributed by atoms with E-state index in [1.807, 2.05) is 26.0 Å². The number of rotatable bonds is 3. The zero-order valence-corrected chi connectivity index (χ0v) is 11.9. The van der Waals surface area contributed by atoms with E-state index >= 15 is 0 Å². The van der Waals surface area contributed by atoms with Gasteiger partial charge in [-0.3, -0.25) is 4.79 Å². The second-order valence-corrected chi connectivity index (χ2v) is 4.76. The molecule has 4 N–H and O–H groups in total. The largest absolute Gasteiger partial charge is 0.409 e. The number of hydrogen-bond acceptors (Lipinski definition) is 3. The maximum absolute atomic E-state index is 12.3. The number of amidine groups is 1. The summed E-state index contributed by atoms with van der Waals surface area (Å²) in [5.74, 6) is -0.129. The topological polar surface area (TPSA) is 87.7 Å². The summed E-state index contributed by atoms with van der Waals surface area (Å²) in [5.41, 5.74) is 9.40. The van der Waals surface area contributed by atoms with Crippen LogP contribution in [-0.4, -0.2) is 17.0 Å². The van der Waals surface area contributed by atoms with Gasteiger partial charge in [0.25, 0.3) is 5.91 Å². The number of oxime groups is 1.